The molecule has 2 aromatic carbocycles. The van der Waals surface area contributed by atoms with Crippen molar-refractivity contribution in [3.63, 3.8) is 0 Å². The van der Waals surface area contributed by atoms with Crippen LogP contribution in [-0.2, 0) is 4.79 Å². The molecule has 9 nitrogen and oxygen atoms in total. The van der Waals surface area contributed by atoms with Gasteiger partial charge in [-0.15, -0.1) is 0 Å². The monoisotopic (exact) mass is 569 g/mol. The number of methoxy groups -OCH3 is 1. The zero-order valence-corrected chi connectivity index (χ0v) is 24.4. The quantitative estimate of drug-likeness (QED) is 0.330. The minimum Gasteiger partial charge on any atom is -0.497 e. The average Bonchev–Trinajstić information content (AvgIpc) is 3.44. The molecule has 0 unspecified atom stereocenters. The lowest BCUT2D eigenvalue weighted by molar-refractivity contribution is -0.127. The number of piperidine rings is 1. The van der Waals surface area contributed by atoms with E-state index in [1.54, 1.807) is 31.5 Å². The van der Waals surface area contributed by atoms with E-state index >= 15 is 0 Å². The zero-order chi connectivity index (χ0) is 29.5. The number of hydrogen-bond acceptors (Lipinski definition) is 6. The van der Waals surface area contributed by atoms with Crippen LogP contribution in [0.15, 0.2) is 60.8 Å². The fourth-order valence-corrected chi connectivity index (χ4v) is 5.62. The van der Waals surface area contributed by atoms with Gasteiger partial charge in [-0.25, -0.2) is 4.98 Å². The number of hydrogen-bond donors (Lipinski definition) is 2. The number of ether oxygens (including phenoxy) is 1. The lowest BCUT2D eigenvalue weighted by atomic mass is 9.89. The molecule has 0 aliphatic carbocycles. The van der Waals surface area contributed by atoms with E-state index in [1.807, 2.05) is 41.0 Å². The fourth-order valence-electron chi connectivity index (χ4n) is 5.62. The first-order valence-corrected chi connectivity index (χ1v) is 14.7. The number of nitrogens with zero attached hydrogens (tertiary/aromatic N) is 3. The molecule has 1 aromatic heterocycles. The van der Waals surface area contributed by atoms with Gasteiger partial charge in [0, 0.05) is 56.6 Å². The van der Waals surface area contributed by atoms with Crippen LogP contribution in [0.1, 0.15) is 69.9 Å². The van der Waals surface area contributed by atoms with Crippen molar-refractivity contribution in [1.29, 1.82) is 0 Å². The Bertz CT molecular complexity index is 1400. The molecule has 2 aliphatic rings. The molecule has 0 atom stereocenters. The molecule has 2 saturated heterocycles. The van der Waals surface area contributed by atoms with Gasteiger partial charge in [-0.05, 0) is 86.1 Å². The lowest BCUT2D eigenvalue weighted by Gasteiger charge is -2.32. The van der Waals surface area contributed by atoms with Gasteiger partial charge < -0.3 is 25.2 Å². The molecule has 5 rings (SSSR count). The Morgan fingerprint density at radius 1 is 1.00 bits per heavy atom. The second-order valence-corrected chi connectivity index (χ2v) is 11.0. The van der Waals surface area contributed by atoms with E-state index in [4.69, 9.17) is 4.74 Å². The van der Waals surface area contributed by atoms with Crippen LogP contribution in [0.3, 0.4) is 0 Å². The number of carbonyl (C=O) groups is 3. The minimum absolute atomic E-state index is 0.0233. The number of aromatic nitrogens is 1. The van der Waals surface area contributed by atoms with Gasteiger partial charge in [0.05, 0.1) is 12.7 Å². The van der Waals surface area contributed by atoms with E-state index in [9.17, 15) is 14.4 Å². The molecule has 3 aromatic rings. The number of nitrogens with one attached hydrogen (secondary N) is 2. The average molecular weight is 570 g/mol. The first kappa shape index (κ1) is 29.1. The highest BCUT2D eigenvalue weighted by Crippen LogP contribution is 2.30. The SMILES string of the molecule is COc1ccc(C2CCN(C(=O)c3ccc(C)c(NC(=O)c4ccc(NCCCN5CCCC5=O)nc4)c3)CC2)cc1. The van der Waals surface area contributed by atoms with Crippen molar-refractivity contribution in [2.45, 2.75) is 44.9 Å². The maximum Gasteiger partial charge on any atom is 0.257 e. The summed E-state index contributed by atoms with van der Waals surface area (Å²) in [6, 6.07) is 17.1. The highest BCUT2D eigenvalue weighted by atomic mass is 16.5. The van der Waals surface area contributed by atoms with Gasteiger partial charge in [-0.1, -0.05) is 18.2 Å². The number of anilines is 2. The van der Waals surface area contributed by atoms with Crippen molar-refractivity contribution in [3.05, 3.63) is 83.0 Å². The van der Waals surface area contributed by atoms with E-state index in [0.29, 0.717) is 54.6 Å². The van der Waals surface area contributed by atoms with Crippen LogP contribution in [0.4, 0.5) is 11.5 Å². The molecule has 42 heavy (non-hydrogen) atoms. The van der Waals surface area contributed by atoms with Gasteiger partial charge in [-0.2, -0.15) is 0 Å². The molecule has 220 valence electrons. The zero-order valence-electron chi connectivity index (χ0n) is 24.4. The highest BCUT2D eigenvalue weighted by Gasteiger charge is 2.25. The maximum absolute atomic E-state index is 13.3. The first-order valence-electron chi connectivity index (χ1n) is 14.7. The Morgan fingerprint density at radius 3 is 2.43 bits per heavy atom. The number of aryl methyl sites for hydroxylation is 1. The third-order valence-corrected chi connectivity index (χ3v) is 8.21. The predicted molar refractivity (Wildman–Crippen MR) is 163 cm³/mol. The normalized spacial score (nSPS) is 15.5. The highest BCUT2D eigenvalue weighted by molar-refractivity contribution is 6.05. The maximum atomic E-state index is 13.3. The molecule has 2 N–H and O–H groups in total. The van der Waals surface area contributed by atoms with Gasteiger partial charge >= 0.3 is 0 Å². The standard InChI is InChI=1S/C33H39N5O4/c1-23-6-7-26(33(41)38-19-14-25(15-20-38)24-8-11-28(42-2)12-9-24)21-29(23)36-32(40)27-10-13-30(35-22-27)34-16-4-18-37-17-3-5-31(37)39/h6-13,21-22,25H,3-5,14-20H2,1-2H3,(H,34,35)(H,36,40). The molecular weight excluding hydrogens is 530 g/mol. The molecule has 0 spiro atoms. The van der Waals surface area contributed by atoms with Gasteiger partial charge in [0.15, 0.2) is 0 Å². The molecule has 0 radical (unpaired) electrons. The topological polar surface area (TPSA) is 104 Å². The van der Waals surface area contributed by atoms with Crippen molar-refractivity contribution < 1.29 is 19.1 Å². The Morgan fingerprint density at radius 2 is 1.76 bits per heavy atom. The molecule has 9 heteroatoms. The third kappa shape index (κ3) is 7.08. The van der Waals surface area contributed by atoms with Crippen LogP contribution < -0.4 is 15.4 Å². The Kier molecular flexibility index (Phi) is 9.36. The summed E-state index contributed by atoms with van der Waals surface area (Å²) in [4.78, 5) is 46.2. The van der Waals surface area contributed by atoms with Gasteiger partial charge in [0.2, 0.25) is 5.91 Å². The van der Waals surface area contributed by atoms with Crippen LogP contribution in [0.25, 0.3) is 0 Å². The Labute approximate surface area is 247 Å². The summed E-state index contributed by atoms with van der Waals surface area (Å²) in [5.74, 6) is 1.87. The molecule has 0 bridgehead atoms. The van der Waals surface area contributed by atoms with E-state index in [-0.39, 0.29) is 17.7 Å². The Hall–Kier alpha value is -4.40. The summed E-state index contributed by atoms with van der Waals surface area (Å²) < 4.78 is 5.26. The summed E-state index contributed by atoms with van der Waals surface area (Å²) in [6.07, 6.45) is 5.79. The molecular formula is C33H39N5O4. The van der Waals surface area contributed by atoms with E-state index < -0.39 is 0 Å². The fraction of sp³-hybridized carbons (Fsp3) is 0.394. The van der Waals surface area contributed by atoms with Crippen molar-refractivity contribution in [2.24, 2.45) is 0 Å². The second kappa shape index (κ2) is 13.5. The Balaban J connectivity index is 1.12. The van der Waals surface area contributed by atoms with Crippen molar-refractivity contribution in [2.75, 3.05) is 50.5 Å². The van der Waals surface area contributed by atoms with Crippen molar-refractivity contribution in [1.82, 2.24) is 14.8 Å². The van der Waals surface area contributed by atoms with E-state index in [0.717, 1.165) is 50.1 Å². The summed E-state index contributed by atoms with van der Waals surface area (Å²) in [5.41, 5.74) is 3.75. The van der Waals surface area contributed by atoms with Gasteiger partial charge in [-0.3, -0.25) is 14.4 Å². The van der Waals surface area contributed by atoms with Crippen LogP contribution in [-0.4, -0.2) is 72.3 Å². The lowest BCUT2D eigenvalue weighted by Crippen LogP contribution is -2.38. The van der Waals surface area contributed by atoms with Gasteiger partial charge in [0.25, 0.3) is 11.8 Å². The number of rotatable bonds is 10. The number of pyridine rings is 1. The predicted octanol–water partition coefficient (Wildman–Crippen LogP) is 5.10. The minimum atomic E-state index is -0.283. The largest absolute Gasteiger partial charge is 0.497 e. The molecule has 2 fully saturated rings. The molecule has 2 aliphatic heterocycles. The van der Waals surface area contributed by atoms with Crippen LogP contribution in [0, 0.1) is 6.92 Å². The van der Waals surface area contributed by atoms with Crippen molar-refractivity contribution >= 4 is 29.2 Å². The van der Waals surface area contributed by atoms with Gasteiger partial charge in [0.1, 0.15) is 11.6 Å². The number of amides is 3. The molecule has 3 heterocycles. The van der Waals surface area contributed by atoms with Crippen molar-refractivity contribution in [3.8, 4) is 5.75 Å². The van der Waals surface area contributed by atoms with Crippen LogP contribution >= 0.6 is 0 Å². The summed E-state index contributed by atoms with van der Waals surface area (Å²) in [5, 5.41) is 6.20. The first-order chi connectivity index (χ1) is 20.4. The summed E-state index contributed by atoms with van der Waals surface area (Å²) in [7, 11) is 1.66. The van der Waals surface area contributed by atoms with E-state index in [2.05, 4.69) is 27.8 Å². The van der Waals surface area contributed by atoms with Crippen LogP contribution in [0.5, 0.6) is 5.75 Å². The number of likely N-dealkylation sites (tertiary alicyclic amines) is 2. The smallest absolute Gasteiger partial charge is 0.257 e. The second-order valence-electron chi connectivity index (χ2n) is 11.0. The molecule has 0 saturated carbocycles. The van der Waals surface area contributed by atoms with E-state index in [1.165, 1.54) is 5.56 Å². The number of carbonyl (C=O) groups excluding carboxylic acids is 3. The number of benzene rings is 2. The summed E-state index contributed by atoms with van der Waals surface area (Å²) in [6.45, 7) is 5.57. The summed E-state index contributed by atoms with van der Waals surface area (Å²) >= 11 is 0. The van der Waals surface area contributed by atoms with Crippen LogP contribution in [0.2, 0.25) is 0 Å². The third-order valence-electron chi connectivity index (χ3n) is 8.21. The molecule has 3 amide bonds.